The summed E-state index contributed by atoms with van der Waals surface area (Å²) in [5, 5.41) is 36.9. The van der Waals surface area contributed by atoms with E-state index >= 15 is 0 Å². The van der Waals surface area contributed by atoms with Crippen LogP contribution >= 0.6 is 7.05 Å². The predicted molar refractivity (Wildman–Crippen MR) is 134 cm³/mol. The molecule has 0 bridgehead atoms. The maximum atomic E-state index is 13.9. The Bertz CT molecular complexity index is 1450. The van der Waals surface area contributed by atoms with Crippen LogP contribution in [-0.4, -0.2) is 14.8 Å². The van der Waals surface area contributed by atoms with Crippen molar-refractivity contribution in [2.24, 2.45) is 4.74 Å². The smallest absolute Gasteiger partial charge is 0.258 e. The van der Waals surface area contributed by atoms with E-state index in [1.807, 2.05) is 0 Å². The second-order valence-corrected chi connectivity index (χ2v) is 10.5. The van der Waals surface area contributed by atoms with Gasteiger partial charge in [0.15, 0.2) is 0 Å². The Balaban J connectivity index is 2.27. The van der Waals surface area contributed by atoms with Crippen LogP contribution in [0.15, 0.2) is 102 Å². The molecular weight excluding hydrogens is 490 g/mol. The van der Waals surface area contributed by atoms with Gasteiger partial charge in [-0.15, -0.1) is 0 Å². The highest BCUT2D eigenvalue weighted by atomic mass is 31.2. The molecule has 36 heavy (non-hydrogen) atoms. The molecule has 180 valence electrons. The molecule has 0 amide bonds. The van der Waals surface area contributed by atoms with Gasteiger partial charge in [0.1, 0.15) is 5.82 Å². The summed E-state index contributed by atoms with van der Waals surface area (Å²) in [6.45, 7) is 0. The Morgan fingerprint density at radius 3 is 1.42 bits per heavy atom. The van der Waals surface area contributed by atoms with E-state index in [1.54, 1.807) is 60.7 Å². The number of nitro benzene ring substituents is 3. The van der Waals surface area contributed by atoms with E-state index in [1.165, 1.54) is 24.3 Å². The number of hydrogen-bond donors (Lipinski definition) is 0. The summed E-state index contributed by atoms with van der Waals surface area (Å²) in [5.41, 5.74) is -3.18. The monoisotopic (exact) mass is 506 g/mol. The van der Waals surface area contributed by atoms with Crippen molar-refractivity contribution in [1.29, 1.82) is 0 Å². The third kappa shape index (κ3) is 4.47. The van der Waals surface area contributed by atoms with Crippen molar-refractivity contribution >= 4 is 45.7 Å². The van der Waals surface area contributed by atoms with Gasteiger partial charge in [-0.05, 0) is 24.3 Å². The molecule has 0 saturated heterocycles. The lowest BCUT2D eigenvalue weighted by molar-refractivity contribution is -0.402. The zero-order valence-corrected chi connectivity index (χ0v) is 19.2. The number of non-ortho nitro benzene ring substituents is 1. The fraction of sp³-hybridized carbons (Fsp3) is 0. The Hall–Kier alpha value is -4.76. The molecule has 0 atom stereocenters. The van der Waals surface area contributed by atoms with Crippen LogP contribution in [0.4, 0.5) is 27.1 Å². The molecule has 0 heterocycles. The summed E-state index contributed by atoms with van der Waals surface area (Å²) in [5.74, 6) is -0.523. The highest BCUT2D eigenvalue weighted by molar-refractivity contribution is 7.87. The zero-order chi connectivity index (χ0) is 25.9. The molecule has 0 unspecified atom stereocenters. The minimum absolute atomic E-state index is 0.475. The lowest BCUT2D eigenvalue weighted by Crippen LogP contribution is -2.25. The summed E-state index contributed by atoms with van der Waals surface area (Å²) in [6.07, 6.45) is 0. The van der Waals surface area contributed by atoms with Crippen molar-refractivity contribution < 1.29 is 19.2 Å². The molecule has 4 aromatic rings. The number of benzene rings is 4. The largest absolute Gasteiger partial charge is 0.308 e. The fourth-order valence-corrected chi connectivity index (χ4v) is 7.32. The number of nitro groups is 3. The predicted octanol–water partition coefficient (Wildman–Crippen LogP) is 5.36. The van der Waals surface area contributed by atoms with Crippen LogP contribution in [0.3, 0.4) is 0 Å². The first-order chi connectivity index (χ1) is 17.2. The van der Waals surface area contributed by atoms with Crippen molar-refractivity contribution in [2.45, 2.75) is 0 Å². The molecule has 0 spiro atoms. The molecule has 0 aliphatic rings. The van der Waals surface area contributed by atoms with E-state index in [4.69, 9.17) is 4.74 Å². The lowest BCUT2D eigenvalue weighted by Gasteiger charge is -2.26. The van der Waals surface area contributed by atoms with Crippen molar-refractivity contribution in [2.75, 3.05) is 0 Å². The van der Waals surface area contributed by atoms with Gasteiger partial charge in [-0.2, -0.15) is 0 Å². The van der Waals surface area contributed by atoms with Crippen LogP contribution in [0.1, 0.15) is 0 Å². The Morgan fingerprint density at radius 2 is 1.03 bits per heavy atom. The molecular formula is C24H16FN4O6P. The summed E-state index contributed by atoms with van der Waals surface area (Å²) in [7, 11) is -3.29. The second-order valence-electron chi connectivity index (χ2n) is 7.49. The number of halogens is 1. The van der Waals surface area contributed by atoms with Gasteiger partial charge in [-0.3, -0.25) is 30.3 Å². The van der Waals surface area contributed by atoms with Crippen LogP contribution in [0.2, 0.25) is 0 Å². The molecule has 0 saturated carbocycles. The van der Waals surface area contributed by atoms with Gasteiger partial charge in [-0.25, -0.2) is 9.14 Å². The van der Waals surface area contributed by atoms with Gasteiger partial charge in [-0.1, -0.05) is 60.7 Å². The van der Waals surface area contributed by atoms with Gasteiger partial charge >= 0.3 is 11.4 Å². The average Bonchev–Trinajstić information content (AvgIpc) is 2.88. The molecule has 0 radical (unpaired) electrons. The van der Waals surface area contributed by atoms with Crippen LogP contribution in [0, 0.1) is 36.2 Å². The molecule has 0 N–H and O–H groups in total. The highest BCUT2D eigenvalue weighted by Gasteiger charge is 2.35. The van der Waals surface area contributed by atoms with Crippen molar-refractivity contribution in [3.63, 3.8) is 0 Å². The lowest BCUT2D eigenvalue weighted by atomic mass is 10.2. The molecule has 10 nitrogen and oxygen atoms in total. The maximum absolute atomic E-state index is 13.9. The second kappa shape index (κ2) is 9.85. The van der Waals surface area contributed by atoms with E-state index < -0.39 is 50.4 Å². The molecule has 0 aliphatic heterocycles. The van der Waals surface area contributed by atoms with Gasteiger partial charge < -0.3 is 0 Å². The topological polar surface area (TPSA) is 142 Å². The van der Waals surface area contributed by atoms with Crippen molar-refractivity contribution in [3.05, 3.63) is 133 Å². The minimum atomic E-state index is -3.29. The summed E-state index contributed by atoms with van der Waals surface area (Å²) >= 11 is 0. The van der Waals surface area contributed by atoms with Gasteiger partial charge in [0.25, 0.3) is 5.69 Å². The highest BCUT2D eigenvalue weighted by Crippen LogP contribution is 2.53. The van der Waals surface area contributed by atoms with E-state index in [-0.39, 0.29) is 0 Å². The van der Waals surface area contributed by atoms with E-state index in [0.29, 0.717) is 28.0 Å². The third-order valence-electron chi connectivity index (χ3n) is 5.37. The van der Waals surface area contributed by atoms with Crippen LogP contribution < -0.4 is 15.9 Å². The Kier molecular flexibility index (Phi) is 6.67. The molecule has 12 heteroatoms. The maximum Gasteiger partial charge on any atom is 0.308 e. The SMILES string of the molecule is O=[N+]([O-])c1cc([N+](=O)[O-])c(N=P(c2ccccc2)(c2ccccc2)c2ccc(F)cc2)c([N+](=O)[O-])c1. The number of rotatable bonds is 7. The normalized spacial score (nSPS) is 11.0. The quantitative estimate of drug-likeness (QED) is 0.188. The summed E-state index contributed by atoms with van der Waals surface area (Å²) in [4.78, 5) is 32.5. The Morgan fingerprint density at radius 1 is 0.611 bits per heavy atom. The number of nitrogens with zero attached hydrogens (tertiary/aromatic N) is 4. The first-order valence-electron chi connectivity index (χ1n) is 10.3. The first-order valence-corrected chi connectivity index (χ1v) is 12.1. The standard InChI is InChI=1S/C24H16FN4O6P/c25-17-11-13-21(14-12-17)36(19-7-3-1-4-8-19,20-9-5-2-6-10-20)26-24-22(28(32)33)15-18(27(30)31)16-23(24)29(34)35/h1-16H. The molecule has 0 aromatic heterocycles. The van der Waals surface area contributed by atoms with Crippen LogP contribution in [0.5, 0.6) is 0 Å². The molecule has 4 rings (SSSR count). The summed E-state index contributed by atoms with van der Waals surface area (Å²) in [6, 6.07) is 24.0. The summed E-state index contributed by atoms with van der Waals surface area (Å²) < 4.78 is 18.7. The van der Waals surface area contributed by atoms with E-state index in [0.717, 1.165) is 0 Å². The Labute approximate surface area is 203 Å². The fourth-order valence-electron chi connectivity index (χ4n) is 3.79. The zero-order valence-electron chi connectivity index (χ0n) is 18.3. The van der Waals surface area contributed by atoms with Gasteiger partial charge in [0.05, 0.1) is 34.0 Å². The molecule has 4 aromatic carbocycles. The molecule has 0 fully saturated rings. The van der Waals surface area contributed by atoms with Gasteiger partial charge in [0, 0.05) is 15.9 Å². The van der Waals surface area contributed by atoms with Crippen molar-refractivity contribution in [3.8, 4) is 0 Å². The van der Waals surface area contributed by atoms with E-state index in [2.05, 4.69) is 0 Å². The van der Waals surface area contributed by atoms with Crippen molar-refractivity contribution in [1.82, 2.24) is 0 Å². The van der Waals surface area contributed by atoms with E-state index in [9.17, 15) is 34.7 Å². The average molecular weight is 506 g/mol. The third-order valence-corrected chi connectivity index (χ3v) is 9.01. The van der Waals surface area contributed by atoms with Gasteiger partial charge in [0.2, 0.25) is 5.69 Å². The van der Waals surface area contributed by atoms with Crippen LogP contribution in [0.25, 0.3) is 0 Å². The first kappa shape index (κ1) is 24.4. The minimum Gasteiger partial charge on any atom is -0.258 e. The number of hydrogen-bond acceptors (Lipinski definition) is 7. The van der Waals surface area contributed by atoms with Crippen LogP contribution in [-0.2, 0) is 0 Å². The molecule has 0 aliphatic carbocycles.